The fraction of sp³-hybridized carbons (Fsp3) is 0.476. The first-order chi connectivity index (χ1) is 15.1. The van der Waals surface area contributed by atoms with E-state index in [0.717, 1.165) is 69.4 Å². The molecule has 0 aliphatic carbocycles. The number of amides is 1. The molecule has 2 fully saturated rings. The van der Waals surface area contributed by atoms with E-state index in [1.54, 1.807) is 10.7 Å². The summed E-state index contributed by atoms with van der Waals surface area (Å²) in [6, 6.07) is 5.83. The quantitative estimate of drug-likeness (QED) is 0.616. The van der Waals surface area contributed by atoms with Crippen molar-refractivity contribution in [3.8, 4) is 0 Å². The second-order valence-corrected chi connectivity index (χ2v) is 8.57. The SMILES string of the molecule is Cc1cc(N2CCN(C(=O)C3CCN(c4ccc(Cl)cn4)CC3)CC2)n2ncnc2n1. The van der Waals surface area contributed by atoms with Crippen molar-refractivity contribution in [1.82, 2.24) is 29.5 Å². The van der Waals surface area contributed by atoms with E-state index >= 15 is 0 Å². The van der Waals surface area contributed by atoms with Crippen LogP contribution in [0.5, 0.6) is 0 Å². The average molecular weight is 441 g/mol. The number of nitrogens with zero attached hydrogens (tertiary/aromatic N) is 8. The molecule has 5 rings (SSSR count). The van der Waals surface area contributed by atoms with Gasteiger partial charge in [-0.1, -0.05) is 11.6 Å². The van der Waals surface area contributed by atoms with Gasteiger partial charge in [-0.2, -0.15) is 14.6 Å². The van der Waals surface area contributed by atoms with Crippen molar-refractivity contribution in [2.75, 3.05) is 49.1 Å². The topological polar surface area (TPSA) is 82.8 Å². The zero-order valence-electron chi connectivity index (χ0n) is 17.5. The molecule has 2 saturated heterocycles. The molecule has 0 N–H and O–H groups in total. The molecule has 0 spiro atoms. The number of aryl methyl sites for hydroxylation is 1. The molecule has 3 aromatic heterocycles. The number of hydrogen-bond acceptors (Lipinski definition) is 7. The van der Waals surface area contributed by atoms with Gasteiger partial charge in [0.2, 0.25) is 5.91 Å². The number of halogens is 1. The van der Waals surface area contributed by atoms with Gasteiger partial charge in [-0.15, -0.1) is 0 Å². The Balaban J connectivity index is 1.18. The minimum Gasteiger partial charge on any atom is -0.357 e. The summed E-state index contributed by atoms with van der Waals surface area (Å²) < 4.78 is 1.77. The van der Waals surface area contributed by atoms with Gasteiger partial charge in [-0.3, -0.25) is 4.79 Å². The van der Waals surface area contributed by atoms with Crippen LogP contribution in [0, 0.1) is 12.8 Å². The predicted molar refractivity (Wildman–Crippen MR) is 118 cm³/mol. The van der Waals surface area contributed by atoms with E-state index in [0.29, 0.717) is 10.8 Å². The number of pyridine rings is 1. The molecule has 0 aromatic carbocycles. The van der Waals surface area contributed by atoms with Crippen molar-refractivity contribution < 1.29 is 4.79 Å². The molecule has 5 heterocycles. The molecule has 31 heavy (non-hydrogen) atoms. The Labute approximate surface area is 185 Å². The van der Waals surface area contributed by atoms with Gasteiger partial charge in [0.1, 0.15) is 18.0 Å². The maximum atomic E-state index is 13.1. The standard InChI is InChI=1S/C21H25ClN8O/c1-15-12-19(30-21(26-15)24-14-25-30)28-8-10-29(11-9-28)20(31)16-4-6-27(7-5-16)18-3-2-17(22)13-23-18/h2-3,12-14,16H,4-11H2,1H3. The van der Waals surface area contributed by atoms with Crippen LogP contribution in [0.2, 0.25) is 5.02 Å². The highest BCUT2D eigenvalue weighted by atomic mass is 35.5. The molecular weight excluding hydrogens is 416 g/mol. The van der Waals surface area contributed by atoms with Crippen molar-refractivity contribution in [1.29, 1.82) is 0 Å². The molecule has 2 aliphatic rings. The summed E-state index contributed by atoms with van der Waals surface area (Å²) in [5.41, 5.74) is 0.913. The van der Waals surface area contributed by atoms with E-state index in [1.165, 1.54) is 6.33 Å². The molecule has 0 unspecified atom stereocenters. The Kier molecular flexibility index (Phi) is 5.35. The van der Waals surface area contributed by atoms with Crippen LogP contribution in [0.4, 0.5) is 11.6 Å². The normalized spacial score (nSPS) is 18.1. The van der Waals surface area contributed by atoms with Crippen molar-refractivity contribution in [2.45, 2.75) is 19.8 Å². The molecule has 0 saturated carbocycles. The minimum absolute atomic E-state index is 0.0836. The van der Waals surface area contributed by atoms with E-state index in [4.69, 9.17) is 11.6 Å². The molecular formula is C21H25ClN8O. The van der Waals surface area contributed by atoms with E-state index < -0.39 is 0 Å². The summed E-state index contributed by atoms with van der Waals surface area (Å²) in [4.78, 5) is 32.7. The first-order valence-corrected chi connectivity index (χ1v) is 11.0. The number of aromatic nitrogens is 5. The Morgan fingerprint density at radius 3 is 2.52 bits per heavy atom. The third-order valence-electron chi connectivity index (χ3n) is 6.16. The van der Waals surface area contributed by atoms with E-state index in [1.807, 2.05) is 30.0 Å². The molecule has 0 radical (unpaired) electrons. The fourth-order valence-electron chi connectivity index (χ4n) is 4.46. The van der Waals surface area contributed by atoms with Crippen LogP contribution in [0.25, 0.3) is 5.78 Å². The highest BCUT2D eigenvalue weighted by Crippen LogP contribution is 2.25. The highest BCUT2D eigenvalue weighted by molar-refractivity contribution is 6.30. The van der Waals surface area contributed by atoms with Crippen LogP contribution < -0.4 is 9.80 Å². The number of rotatable bonds is 3. The lowest BCUT2D eigenvalue weighted by molar-refractivity contribution is -0.136. The number of hydrogen-bond donors (Lipinski definition) is 0. The van der Waals surface area contributed by atoms with Crippen molar-refractivity contribution in [2.24, 2.45) is 5.92 Å². The molecule has 3 aromatic rings. The lowest BCUT2D eigenvalue weighted by atomic mass is 9.95. The first-order valence-electron chi connectivity index (χ1n) is 10.7. The third-order valence-corrected chi connectivity index (χ3v) is 6.38. The first kappa shape index (κ1) is 20.0. The maximum absolute atomic E-state index is 13.1. The summed E-state index contributed by atoms with van der Waals surface area (Å²) in [6.07, 6.45) is 4.90. The summed E-state index contributed by atoms with van der Waals surface area (Å²) in [5.74, 6) is 2.88. The number of anilines is 2. The molecule has 0 bridgehead atoms. The van der Waals surface area contributed by atoms with E-state index in [2.05, 4.69) is 29.9 Å². The van der Waals surface area contributed by atoms with Crippen LogP contribution in [-0.4, -0.2) is 74.6 Å². The van der Waals surface area contributed by atoms with Gasteiger partial charge < -0.3 is 14.7 Å². The zero-order valence-corrected chi connectivity index (χ0v) is 18.2. The molecule has 162 valence electrons. The van der Waals surface area contributed by atoms with E-state index in [-0.39, 0.29) is 11.8 Å². The van der Waals surface area contributed by atoms with Crippen molar-refractivity contribution in [3.63, 3.8) is 0 Å². The van der Waals surface area contributed by atoms with Gasteiger partial charge in [0.05, 0.1) is 5.02 Å². The summed E-state index contributed by atoms with van der Waals surface area (Å²) >= 11 is 5.94. The van der Waals surface area contributed by atoms with Gasteiger partial charge >= 0.3 is 0 Å². The molecule has 0 atom stereocenters. The number of carbonyl (C=O) groups excluding carboxylic acids is 1. The Morgan fingerprint density at radius 2 is 1.81 bits per heavy atom. The third kappa shape index (κ3) is 4.01. The fourth-order valence-corrected chi connectivity index (χ4v) is 4.57. The Morgan fingerprint density at radius 1 is 1.03 bits per heavy atom. The molecule has 10 heteroatoms. The highest BCUT2D eigenvalue weighted by Gasteiger charge is 2.31. The van der Waals surface area contributed by atoms with Gasteiger partial charge in [-0.25, -0.2) is 9.97 Å². The number of fused-ring (bicyclic) bond motifs is 1. The van der Waals surface area contributed by atoms with Crippen LogP contribution in [0.15, 0.2) is 30.7 Å². The average Bonchev–Trinajstić information content (AvgIpc) is 3.27. The van der Waals surface area contributed by atoms with Gasteiger partial charge in [0.25, 0.3) is 5.78 Å². The second-order valence-electron chi connectivity index (χ2n) is 8.14. The van der Waals surface area contributed by atoms with E-state index in [9.17, 15) is 4.79 Å². The monoisotopic (exact) mass is 440 g/mol. The van der Waals surface area contributed by atoms with Gasteiger partial charge in [-0.05, 0) is 31.9 Å². The summed E-state index contributed by atoms with van der Waals surface area (Å²) in [7, 11) is 0. The van der Waals surface area contributed by atoms with Crippen LogP contribution in [0.1, 0.15) is 18.5 Å². The zero-order chi connectivity index (χ0) is 21.4. The molecule has 1 amide bonds. The van der Waals surface area contributed by atoms with Crippen molar-refractivity contribution in [3.05, 3.63) is 41.4 Å². The number of carbonyl (C=O) groups is 1. The lowest BCUT2D eigenvalue weighted by Crippen LogP contribution is -2.52. The van der Waals surface area contributed by atoms with Crippen LogP contribution in [0.3, 0.4) is 0 Å². The van der Waals surface area contributed by atoms with Crippen molar-refractivity contribution >= 4 is 34.9 Å². The lowest BCUT2D eigenvalue weighted by Gasteiger charge is -2.39. The number of piperidine rings is 1. The molecule has 2 aliphatic heterocycles. The van der Waals surface area contributed by atoms with Gasteiger partial charge in [0, 0.05) is 63.1 Å². The summed E-state index contributed by atoms with van der Waals surface area (Å²) in [6.45, 7) is 6.63. The second kappa shape index (κ2) is 8.30. The predicted octanol–water partition coefficient (Wildman–Crippen LogP) is 2.05. The minimum atomic E-state index is 0.0836. The maximum Gasteiger partial charge on any atom is 0.254 e. The van der Waals surface area contributed by atoms with Crippen LogP contribution in [-0.2, 0) is 4.79 Å². The number of piperazine rings is 1. The van der Waals surface area contributed by atoms with Crippen LogP contribution >= 0.6 is 11.6 Å². The summed E-state index contributed by atoms with van der Waals surface area (Å²) in [5, 5.41) is 4.94. The smallest absolute Gasteiger partial charge is 0.254 e. The Bertz CT molecular complexity index is 1070. The van der Waals surface area contributed by atoms with Gasteiger partial charge in [0.15, 0.2) is 0 Å². The Hall–Kier alpha value is -2.94. The largest absolute Gasteiger partial charge is 0.357 e. The molecule has 9 nitrogen and oxygen atoms in total.